The third kappa shape index (κ3) is 3.72. The lowest BCUT2D eigenvalue weighted by atomic mass is 10.0. The number of halogens is 1. The molecular formula is C11H16ClNO3. The van der Waals surface area contributed by atoms with Crippen LogP contribution in [0.15, 0.2) is 18.2 Å². The Kier molecular flexibility index (Phi) is 5.85. The van der Waals surface area contributed by atoms with Gasteiger partial charge in [-0.25, -0.2) is 4.79 Å². The van der Waals surface area contributed by atoms with Crippen LogP contribution in [0.2, 0.25) is 0 Å². The van der Waals surface area contributed by atoms with Crippen LogP contribution < -0.4 is 5.73 Å². The number of benzene rings is 1. The second-order valence-electron chi connectivity index (χ2n) is 3.53. The largest absolute Gasteiger partial charge is 0.507 e. The van der Waals surface area contributed by atoms with Crippen LogP contribution in [0.3, 0.4) is 0 Å². The van der Waals surface area contributed by atoms with Crippen LogP contribution in [0.4, 0.5) is 0 Å². The van der Waals surface area contributed by atoms with Gasteiger partial charge in [-0.15, -0.1) is 12.4 Å². The minimum atomic E-state index is -1.13. The standard InChI is InChI=1S/C11H15NO3.ClH/c1-2-8(12)5-7-3-4-10(13)9(6-7)11(14)15;/h3-4,6,8,13H,2,5,12H2,1H3,(H,14,15);1H. The molecule has 0 aliphatic carbocycles. The monoisotopic (exact) mass is 245 g/mol. The first kappa shape index (κ1) is 14.7. The number of nitrogens with two attached hydrogens (primary N) is 1. The minimum Gasteiger partial charge on any atom is -0.507 e. The van der Waals surface area contributed by atoms with Crippen LogP contribution in [0.25, 0.3) is 0 Å². The highest BCUT2D eigenvalue weighted by molar-refractivity contribution is 5.90. The molecule has 0 aliphatic heterocycles. The van der Waals surface area contributed by atoms with Gasteiger partial charge in [0.15, 0.2) is 0 Å². The quantitative estimate of drug-likeness (QED) is 0.755. The number of carbonyl (C=O) groups is 1. The Morgan fingerprint density at radius 1 is 1.50 bits per heavy atom. The maximum absolute atomic E-state index is 10.7. The normalized spacial score (nSPS) is 11.6. The van der Waals surface area contributed by atoms with Gasteiger partial charge in [0.2, 0.25) is 0 Å². The first-order valence-corrected chi connectivity index (χ1v) is 4.85. The van der Waals surface area contributed by atoms with Crippen molar-refractivity contribution in [3.8, 4) is 5.75 Å². The fourth-order valence-electron chi connectivity index (χ4n) is 1.33. The molecule has 1 atom stereocenters. The molecule has 4 nitrogen and oxygen atoms in total. The van der Waals surface area contributed by atoms with Gasteiger partial charge in [0.1, 0.15) is 11.3 Å². The predicted molar refractivity (Wildman–Crippen MR) is 64.3 cm³/mol. The van der Waals surface area contributed by atoms with E-state index < -0.39 is 5.97 Å². The van der Waals surface area contributed by atoms with Crippen LogP contribution in [0, 0.1) is 0 Å². The Balaban J connectivity index is 0.00000225. The van der Waals surface area contributed by atoms with E-state index in [4.69, 9.17) is 10.8 Å². The molecule has 0 radical (unpaired) electrons. The molecule has 1 unspecified atom stereocenters. The second-order valence-corrected chi connectivity index (χ2v) is 3.53. The van der Waals surface area contributed by atoms with Gasteiger partial charge in [-0.1, -0.05) is 13.0 Å². The van der Waals surface area contributed by atoms with E-state index in [1.807, 2.05) is 6.92 Å². The van der Waals surface area contributed by atoms with Gasteiger partial charge in [0.25, 0.3) is 0 Å². The molecule has 0 amide bonds. The van der Waals surface area contributed by atoms with Crippen molar-refractivity contribution in [2.75, 3.05) is 0 Å². The maximum atomic E-state index is 10.7. The van der Waals surface area contributed by atoms with Crippen molar-refractivity contribution in [1.82, 2.24) is 0 Å². The molecule has 0 fully saturated rings. The van der Waals surface area contributed by atoms with Crippen LogP contribution in [0.5, 0.6) is 5.75 Å². The molecule has 0 aromatic heterocycles. The van der Waals surface area contributed by atoms with E-state index in [9.17, 15) is 9.90 Å². The van der Waals surface area contributed by atoms with Crippen LogP contribution in [0.1, 0.15) is 29.3 Å². The van der Waals surface area contributed by atoms with E-state index in [2.05, 4.69) is 0 Å². The summed E-state index contributed by atoms with van der Waals surface area (Å²) in [7, 11) is 0. The number of hydrogen-bond acceptors (Lipinski definition) is 3. The molecule has 90 valence electrons. The molecular weight excluding hydrogens is 230 g/mol. The van der Waals surface area contributed by atoms with Gasteiger partial charge in [-0.2, -0.15) is 0 Å². The molecule has 5 heteroatoms. The topological polar surface area (TPSA) is 83.5 Å². The molecule has 0 heterocycles. The summed E-state index contributed by atoms with van der Waals surface area (Å²) in [6, 6.07) is 4.57. The van der Waals surface area contributed by atoms with E-state index in [1.165, 1.54) is 12.1 Å². The Morgan fingerprint density at radius 3 is 2.62 bits per heavy atom. The van der Waals surface area contributed by atoms with E-state index in [0.29, 0.717) is 6.42 Å². The average Bonchev–Trinajstić information content (AvgIpc) is 2.20. The molecule has 0 aliphatic rings. The van der Waals surface area contributed by atoms with Crippen LogP contribution in [-0.4, -0.2) is 22.2 Å². The summed E-state index contributed by atoms with van der Waals surface area (Å²) >= 11 is 0. The van der Waals surface area contributed by atoms with Crippen LogP contribution in [-0.2, 0) is 6.42 Å². The van der Waals surface area contributed by atoms with Crippen molar-refractivity contribution < 1.29 is 15.0 Å². The molecule has 1 aromatic rings. The summed E-state index contributed by atoms with van der Waals surface area (Å²) in [6.07, 6.45) is 1.46. The SMILES string of the molecule is CCC(N)Cc1ccc(O)c(C(=O)O)c1.Cl. The fourth-order valence-corrected chi connectivity index (χ4v) is 1.33. The zero-order valence-corrected chi connectivity index (χ0v) is 9.83. The third-order valence-corrected chi connectivity index (χ3v) is 2.31. The summed E-state index contributed by atoms with van der Waals surface area (Å²) < 4.78 is 0. The molecule has 0 saturated carbocycles. The first-order valence-electron chi connectivity index (χ1n) is 4.85. The smallest absolute Gasteiger partial charge is 0.339 e. The van der Waals surface area contributed by atoms with Gasteiger partial charge in [0, 0.05) is 6.04 Å². The summed E-state index contributed by atoms with van der Waals surface area (Å²) in [6.45, 7) is 1.98. The maximum Gasteiger partial charge on any atom is 0.339 e. The lowest BCUT2D eigenvalue weighted by Gasteiger charge is -2.09. The molecule has 16 heavy (non-hydrogen) atoms. The summed E-state index contributed by atoms with van der Waals surface area (Å²) in [4.78, 5) is 10.7. The summed E-state index contributed by atoms with van der Waals surface area (Å²) in [5.74, 6) is -1.34. The van der Waals surface area contributed by atoms with E-state index in [1.54, 1.807) is 6.07 Å². The molecule has 1 aromatic carbocycles. The average molecular weight is 246 g/mol. The van der Waals surface area contributed by atoms with E-state index >= 15 is 0 Å². The number of rotatable bonds is 4. The number of hydrogen-bond donors (Lipinski definition) is 3. The lowest BCUT2D eigenvalue weighted by molar-refractivity contribution is 0.0693. The zero-order valence-electron chi connectivity index (χ0n) is 9.01. The minimum absolute atomic E-state index is 0. The number of phenols is 1. The van der Waals surface area contributed by atoms with Crippen molar-refractivity contribution in [1.29, 1.82) is 0 Å². The van der Waals surface area contributed by atoms with Crippen molar-refractivity contribution >= 4 is 18.4 Å². The highest BCUT2D eigenvalue weighted by Gasteiger charge is 2.11. The lowest BCUT2D eigenvalue weighted by Crippen LogP contribution is -2.21. The molecule has 0 spiro atoms. The number of carboxylic acid groups (broad SMARTS) is 1. The van der Waals surface area contributed by atoms with Crippen LogP contribution >= 0.6 is 12.4 Å². The third-order valence-electron chi connectivity index (χ3n) is 2.31. The molecule has 0 saturated heterocycles. The second kappa shape index (κ2) is 6.35. The molecule has 1 rings (SSSR count). The summed E-state index contributed by atoms with van der Waals surface area (Å²) in [5.41, 5.74) is 6.52. The van der Waals surface area contributed by atoms with Gasteiger partial charge < -0.3 is 15.9 Å². The Morgan fingerprint density at radius 2 is 2.12 bits per heavy atom. The van der Waals surface area contributed by atoms with Gasteiger partial charge in [-0.3, -0.25) is 0 Å². The van der Waals surface area contributed by atoms with Crippen molar-refractivity contribution in [3.05, 3.63) is 29.3 Å². The molecule has 0 bridgehead atoms. The van der Waals surface area contributed by atoms with E-state index in [-0.39, 0.29) is 29.8 Å². The highest BCUT2D eigenvalue weighted by Crippen LogP contribution is 2.19. The van der Waals surface area contributed by atoms with E-state index in [0.717, 1.165) is 12.0 Å². The summed E-state index contributed by atoms with van der Waals surface area (Å²) in [5, 5.41) is 18.1. The number of aromatic hydroxyl groups is 1. The Bertz CT molecular complexity index is 368. The Hall–Kier alpha value is -1.26. The fraction of sp³-hybridized carbons (Fsp3) is 0.364. The Labute approximate surface area is 100 Å². The van der Waals surface area contributed by atoms with Gasteiger partial charge >= 0.3 is 5.97 Å². The van der Waals surface area contributed by atoms with Crippen molar-refractivity contribution in [2.24, 2.45) is 5.73 Å². The first-order chi connectivity index (χ1) is 7.04. The van der Waals surface area contributed by atoms with Crippen molar-refractivity contribution in [2.45, 2.75) is 25.8 Å². The van der Waals surface area contributed by atoms with Gasteiger partial charge in [-0.05, 0) is 30.5 Å². The highest BCUT2D eigenvalue weighted by atomic mass is 35.5. The van der Waals surface area contributed by atoms with Gasteiger partial charge in [0.05, 0.1) is 0 Å². The number of aromatic carboxylic acids is 1. The predicted octanol–water partition coefficient (Wildman–Crippen LogP) is 1.79. The molecule has 4 N–H and O–H groups in total. The zero-order chi connectivity index (χ0) is 11.4. The van der Waals surface area contributed by atoms with Crippen molar-refractivity contribution in [3.63, 3.8) is 0 Å². The number of carboxylic acids is 1.